The summed E-state index contributed by atoms with van der Waals surface area (Å²) in [5.74, 6) is -1.04. The first-order valence-electron chi connectivity index (χ1n) is 3.98. The van der Waals surface area contributed by atoms with Crippen LogP contribution in [0.4, 0.5) is 4.79 Å². The lowest BCUT2D eigenvalue weighted by Crippen LogP contribution is -2.38. The van der Waals surface area contributed by atoms with Crippen LogP contribution in [0.5, 0.6) is 0 Å². The number of hydrogen-bond acceptors (Lipinski definition) is 4. The molecule has 0 aromatic carbocycles. The van der Waals surface area contributed by atoms with Crippen molar-refractivity contribution in [3.05, 3.63) is 0 Å². The van der Waals surface area contributed by atoms with Crippen LogP contribution in [0.15, 0.2) is 0 Å². The average Bonchev–Trinajstić information content (AvgIpc) is 2.17. The van der Waals surface area contributed by atoms with E-state index < -0.39 is 5.97 Å². The molecule has 1 rings (SSSR count). The molecule has 0 unspecified atom stereocenters. The summed E-state index contributed by atoms with van der Waals surface area (Å²) in [7, 11) is 0.875. The number of hydrogen-bond donors (Lipinski definition) is 2. The average molecular weight is 221 g/mol. The van der Waals surface area contributed by atoms with E-state index in [4.69, 9.17) is 5.11 Å². The summed E-state index contributed by atoms with van der Waals surface area (Å²) in [6.07, 6.45) is 1.10. The Bertz CT molecular complexity index is 214. The minimum atomic E-state index is -0.759. The Morgan fingerprint density at radius 1 is 1.38 bits per heavy atom. The number of rotatable bonds is 1. The molecule has 0 radical (unpaired) electrons. The number of likely N-dealkylation sites (tertiary alicyclic amines) is 1. The molecule has 6 heteroatoms. The summed E-state index contributed by atoms with van der Waals surface area (Å²) in [5, 5.41) is 8.61. The molecule has 0 aromatic heterocycles. The van der Waals surface area contributed by atoms with Gasteiger partial charge >= 0.3 is 5.97 Å². The molecule has 0 atom stereocenters. The van der Waals surface area contributed by atoms with Gasteiger partial charge in [-0.3, -0.25) is 9.59 Å². The Morgan fingerprint density at radius 3 is 2.31 bits per heavy atom. The van der Waals surface area contributed by atoms with Crippen LogP contribution in [0, 0.1) is 5.92 Å². The first kappa shape index (κ1) is 10.7. The van der Waals surface area contributed by atoms with Crippen LogP contribution in [0.2, 0.25) is 0 Å². The summed E-state index contributed by atoms with van der Waals surface area (Å²) < 4.78 is 0. The number of thiol groups is 1. The molecule has 1 heterocycles. The van der Waals surface area contributed by atoms with Gasteiger partial charge in [0.05, 0.1) is 5.92 Å². The number of carbonyl (C=O) groups excluding carboxylic acids is 1. The fraction of sp³-hybridized carbons (Fsp3) is 0.714. The van der Waals surface area contributed by atoms with Crippen molar-refractivity contribution >= 4 is 33.7 Å². The molecule has 0 aromatic rings. The molecule has 1 N–H and O–H groups in total. The Kier molecular flexibility index (Phi) is 3.92. The molecule has 0 spiro atoms. The van der Waals surface area contributed by atoms with Crippen molar-refractivity contribution in [3.63, 3.8) is 0 Å². The van der Waals surface area contributed by atoms with E-state index in [9.17, 15) is 9.59 Å². The van der Waals surface area contributed by atoms with Gasteiger partial charge in [0.2, 0.25) is 0 Å². The van der Waals surface area contributed by atoms with Gasteiger partial charge in [-0.2, -0.15) is 0 Å². The predicted molar refractivity (Wildman–Crippen MR) is 53.9 cm³/mol. The normalized spacial score (nSPS) is 18.7. The zero-order valence-corrected chi connectivity index (χ0v) is 8.68. The fourth-order valence-electron chi connectivity index (χ4n) is 1.37. The third kappa shape index (κ3) is 2.80. The summed E-state index contributed by atoms with van der Waals surface area (Å²) in [6, 6.07) is 0. The molecular weight excluding hydrogens is 210 g/mol. The highest BCUT2D eigenvalue weighted by atomic mass is 33.1. The zero-order chi connectivity index (χ0) is 9.84. The van der Waals surface area contributed by atoms with Crippen molar-refractivity contribution < 1.29 is 14.7 Å². The van der Waals surface area contributed by atoms with Gasteiger partial charge in [-0.15, -0.1) is 11.7 Å². The van der Waals surface area contributed by atoms with Crippen molar-refractivity contribution in [2.75, 3.05) is 13.1 Å². The van der Waals surface area contributed by atoms with E-state index >= 15 is 0 Å². The van der Waals surface area contributed by atoms with Gasteiger partial charge in [-0.25, -0.2) is 0 Å². The summed E-state index contributed by atoms with van der Waals surface area (Å²) in [4.78, 5) is 23.3. The number of piperidine rings is 1. The molecule has 0 bridgehead atoms. The standard InChI is InChI=1S/C7H11NO3S2/c9-6(10)5-1-3-8(4-2-5)7(11)13-12/h5,12H,1-4H2,(H,9,10). The second-order valence-corrected chi connectivity index (χ2v) is 4.04. The topological polar surface area (TPSA) is 57.6 Å². The minimum Gasteiger partial charge on any atom is -0.481 e. The van der Waals surface area contributed by atoms with Gasteiger partial charge in [0.1, 0.15) is 0 Å². The van der Waals surface area contributed by atoms with E-state index in [0.29, 0.717) is 25.9 Å². The lowest BCUT2D eigenvalue weighted by Gasteiger charge is -2.28. The van der Waals surface area contributed by atoms with Gasteiger partial charge in [-0.1, -0.05) is 0 Å². The summed E-state index contributed by atoms with van der Waals surface area (Å²) in [5.41, 5.74) is 0. The van der Waals surface area contributed by atoms with E-state index in [1.54, 1.807) is 4.90 Å². The van der Waals surface area contributed by atoms with Crippen LogP contribution in [0.3, 0.4) is 0 Å². The van der Waals surface area contributed by atoms with E-state index in [-0.39, 0.29) is 11.2 Å². The molecule has 1 fully saturated rings. The quantitative estimate of drug-likeness (QED) is 0.520. The third-order valence-electron chi connectivity index (χ3n) is 2.18. The molecular formula is C7H11NO3S2. The van der Waals surface area contributed by atoms with Crippen LogP contribution < -0.4 is 0 Å². The second-order valence-electron chi connectivity index (χ2n) is 2.96. The summed E-state index contributed by atoms with van der Waals surface area (Å²) >= 11 is 3.80. The smallest absolute Gasteiger partial charge is 0.306 e. The summed E-state index contributed by atoms with van der Waals surface area (Å²) in [6.45, 7) is 1.06. The van der Waals surface area contributed by atoms with Crippen LogP contribution >= 0.6 is 22.5 Å². The Hall–Kier alpha value is -0.360. The number of aliphatic carboxylic acids is 1. The Morgan fingerprint density at radius 2 is 1.92 bits per heavy atom. The molecule has 1 saturated heterocycles. The van der Waals surface area contributed by atoms with E-state index in [2.05, 4.69) is 11.7 Å². The largest absolute Gasteiger partial charge is 0.481 e. The highest BCUT2D eigenvalue weighted by Gasteiger charge is 2.26. The lowest BCUT2D eigenvalue weighted by molar-refractivity contribution is -0.143. The number of amides is 1. The van der Waals surface area contributed by atoms with Crippen molar-refractivity contribution in [1.82, 2.24) is 4.90 Å². The maximum absolute atomic E-state index is 11.1. The number of carbonyl (C=O) groups is 2. The van der Waals surface area contributed by atoms with Crippen LogP contribution in [-0.4, -0.2) is 34.3 Å². The number of carboxylic acids is 1. The van der Waals surface area contributed by atoms with Gasteiger partial charge in [0.15, 0.2) is 0 Å². The zero-order valence-electron chi connectivity index (χ0n) is 6.97. The molecule has 0 aliphatic carbocycles. The van der Waals surface area contributed by atoms with E-state index in [0.717, 1.165) is 10.8 Å². The number of carboxylic acid groups (broad SMARTS) is 1. The van der Waals surface area contributed by atoms with E-state index in [1.807, 2.05) is 0 Å². The highest BCUT2D eigenvalue weighted by Crippen LogP contribution is 2.21. The van der Waals surface area contributed by atoms with Crippen molar-refractivity contribution in [3.8, 4) is 0 Å². The SMILES string of the molecule is O=C(O)C1CCN(C(=O)SS)CC1. The van der Waals surface area contributed by atoms with Gasteiger partial charge in [0, 0.05) is 23.9 Å². The van der Waals surface area contributed by atoms with Gasteiger partial charge < -0.3 is 10.0 Å². The van der Waals surface area contributed by atoms with Crippen molar-refractivity contribution in [2.24, 2.45) is 5.92 Å². The van der Waals surface area contributed by atoms with Crippen LogP contribution in [-0.2, 0) is 4.79 Å². The molecule has 13 heavy (non-hydrogen) atoms. The Labute approximate surface area is 85.5 Å². The van der Waals surface area contributed by atoms with Crippen molar-refractivity contribution in [2.45, 2.75) is 12.8 Å². The first-order valence-corrected chi connectivity index (χ1v) is 5.85. The highest BCUT2D eigenvalue weighted by molar-refractivity contribution is 8.74. The molecule has 4 nitrogen and oxygen atoms in total. The van der Waals surface area contributed by atoms with Gasteiger partial charge in [0.25, 0.3) is 5.24 Å². The molecule has 1 amide bonds. The van der Waals surface area contributed by atoms with Crippen LogP contribution in [0.25, 0.3) is 0 Å². The molecule has 1 aliphatic heterocycles. The van der Waals surface area contributed by atoms with Crippen LogP contribution in [0.1, 0.15) is 12.8 Å². The first-order chi connectivity index (χ1) is 6.15. The van der Waals surface area contributed by atoms with Crippen molar-refractivity contribution in [1.29, 1.82) is 0 Å². The molecule has 74 valence electrons. The third-order valence-corrected chi connectivity index (χ3v) is 3.06. The molecule has 0 saturated carbocycles. The minimum absolute atomic E-state index is 0.0906. The maximum Gasteiger partial charge on any atom is 0.306 e. The number of nitrogens with zero attached hydrogens (tertiary/aromatic N) is 1. The Balaban J connectivity index is 2.39. The lowest BCUT2D eigenvalue weighted by atomic mass is 9.98. The monoisotopic (exact) mass is 221 g/mol. The van der Waals surface area contributed by atoms with E-state index in [1.165, 1.54) is 0 Å². The van der Waals surface area contributed by atoms with Gasteiger partial charge in [-0.05, 0) is 12.8 Å². The maximum atomic E-state index is 11.1. The second kappa shape index (κ2) is 4.76. The molecule has 1 aliphatic rings. The fourth-order valence-corrected chi connectivity index (χ4v) is 2.01. The predicted octanol–water partition coefficient (Wildman–Crippen LogP) is 1.48.